The van der Waals surface area contributed by atoms with Gasteiger partial charge in [-0.05, 0) is 6.42 Å². The second-order valence-electron chi connectivity index (χ2n) is 3.66. The highest BCUT2D eigenvalue weighted by molar-refractivity contribution is 5.02. The average Bonchev–Trinajstić information content (AvgIpc) is 2.55. The van der Waals surface area contributed by atoms with E-state index in [1.54, 1.807) is 0 Å². The molecule has 0 N–H and O–H groups in total. The van der Waals surface area contributed by atoms with Crippen LogP contribution in [0.2, 0.25) is 0 Å². The molecule has 0 unspecified atom stereocenters. The standard InChI is InChI=1S/C9H14O2/c1-3-9(2)6-11-8-7(9)4-5-10-8/h3,7-8H,1,4-6H2,2H3/t7-,8-,9+/m0/s1. The fourth-order valence-corrected chi connectivity index (χ4v) is 1.95. The summed E-state index contributed by atoms with van der Waals surface area (Å²) in [5.41, 5.74) is 0.154. The first kappa shape index (κ1) is 7.32. The van der Waals surface area contributed by atoms with Gasteiger partial charge in [-0.25, -0.2) is 0 Å². The maximum atomic E-state index is 5.49. The van der Waals surface area contributed by atoms with Crippen LogP contribution in [-0.2, 0) is 9.47 Å². The van der Waals surface area contributed by atoms with Gasteiger partial charge in [0.2, 0.25) is 0 Å². The highest BCUT2D eigenvalue weighted by Crippen LogP contribution is 2.44. The molecule has 2 heteroatoms. The lowest BCUT2D eigenvalue weighted by Gasteiger charge is -2.22. The van der Waals surface area contributed by atoms with Gasteiger partial charge in [-0.1, -0.05) is 13.0 Å². The molecule has 2 fully saturated rings. The monoisotopic (exact) mass is 154 g/mol. The van der Waals surface area contributed by atoms with Crippen molar-refractivity contribution in [2.24, 2.45) is 11.3 Å². The summed E-state index contributed by atoms with van der Waals surface area (Å²) in [5.74, 6) is 0.542. The second kappa shape index (κ2) is 2.32. The molecule has 2 saturated heterocycles. The van der Waals surface area contributed by atoms with Crippen molar-refractivity contribution >= 4 is 0 Å². The summed E-state index contributed by atoms with van der Waals surface area (Å²) in [6.45, 7) is 7.65. The average molecular weight is 154 g/mol. The molecule has 2 nitrogen and oxygen atoms in total. The summed E-state index contributed by atoms with van der Waals surface area (Å²) in [6, 6.07) is 0. The van der Waals surface area contributed by atoms with Gasteiger partial charge >= 0.3 is 0 Å². The predicted molar refractivity (Wildman–Crippen MR) is 42.1 cm³/mol. The summed E-state index contributed by atoms with van der Waals surface area (Å²) in [5, 5.41) is 0. The zero-order valence-electron chi connectivity index (χ0n) is 6.88. The number of hydrogen-bond acceptors (Lipinski definition) is 2. The number of hydrogen-bond donors (Lipinski definition) is 0. The molecule has 0 spiro atoms. The lowest BCUT2D eigenvalue weighted by atomic mass is 9.79. The number of ether oxygens (including phenoxy) is 2. The van der Waals surface area contributed by atoms with E-state index in [1.165, 1.54) is 0 Å². The SMILES string of the molecule is C=C[C@]1(C)CO[C@@H]2OCC[C@@H]21. The zero-order valence-corrected chi connectivity index (χ0v) is 6.88. The van der Waals surface area contributed by atoms with E-state index in [-0.39, 0.29) is 11.7 Å². The van der Waals surface area contributed by atoms with Gasteiger partial charge < -0.3 is 9.47 Å². The van der Waals surface area contributed by atoms with Gasteiger partial charge in [0.1, 0.15) is 0 Å². The maximum absolute atomic E-state index is 5.49. The van der Waals surface area contributed by atoms with Gasteiger partial charge in [0.25, 0.3) is 0 Å². The fraction of sp³-hybridized carbons (Fsp3) is 0.778. The summed E-state index contributed by atoms with van der Waals surface area (Å²) >= 11 is 0. The third-order valence-corrected chi connectivity index (χ3v) is 2.91. The normalized spacial score (nSPS) is 49.2. The molecular formula is C9H14O2. The Hall–Kier alpha value is -0.340. The molecule has 0 amide bonds. The Labute approximate surface area is 67.2 Å². The Morgan fingerprint density at radius 3 is 3.09 bits per heavy atom. The molecular weight excluding hydrogens is 140 g/mol. The van der Waals surface area contributed by atoms with Gasteiger partial charge in [-0.3, -0.25) is 0 Å². The Bertz CT molecular complexity index is 178. The van der Waals surface area contributed by atoms with E-state index in [0.29, 0.717) is 5.92 Å². The highest BCUT2D eigenvalue weighted by atomic mass is 16.7. The van der Waals surface area contributed by atoms with Crippen LogP contribution in [-0.4, -0.2) is 19.5 Å². The van der Waals surface area contributed by atoms with Crippen LogP contribution >= 0.6 is 0 Å². The van der Waals surface area contributed by atoms with Crippen LogP contribution in [0.1, 0.15) is 13.3 Å². The third-order valence-electron chi connectivity index (χ3n) is 2.91. The first-order valence-electron chi connectivity index (χ1n) is 4.13. The first-order valence-corrected chi connectivity index (χ1v) is 4.13. The van der Waals surface area contributed by atoms with Crippen molar-refractivity contribution in [2.45, 2.75) is 19.6 Å². The fourth-order valence-electron chi connectivity index (χ4n) is 1.95. The van der Waals surface area contributed by atoms with E-state index in [2.05, 4.69) is 13.5 Å². The van der Waals surface area contributed by atoms with Crippen LogP contribution in [0.25, 0.3) is 0 Å². The number of rotatable bonds is 1. The van der Waals surface area contributed by atoms with E-state index < -0.39 is 0 Å². The molecule has 2 rings (SSSR count). The van der Waals surface area contributed by atoms with Crippen LogP contribution in [0.4, 0.5) is 0 Å². The summed E-state index contributed by atoms with van der Waals surface area (Å²) in [6.07, 6.45) is 3.18. The van der Waals surface area contributed by atoms with Crippen molar-refractivity contribution in [3.8, 4) is 0 Å². The van der Waals surface area contributed by atoms with E-state index in [9.17, 15) is 0 Å². The molecule has 0 radical (unpaired) electrons. The minimum atomic E-state index is 0.0537. The van der Waals surface area contributed by atoms with Gasteiger partial charge in [0.05, 0.1) is 13.2 Å². The quantitative estimate of drug-likeness (QED) is 0.534. The van der Waals surface area contributed by atoms with E-state index in [4.69, 9.17) is 9.47 Å². The Morgan fingerprint density at radius 1 is 1.55 bits per heavy atom. The minimum Gasteiger partial charge on any atom is -0.352 e. The molecule has 2 heterocycles. The van der Waals surface area contributed by atoms with E-state index in [0.717, 1.165) is 19.6 Å². The Morgan fingerprint density at radius 2 is 2.36 bits per heavy atom. The second-order valence-corrected chi connectivity index (χ2v) is 3.66. The van der Waals surface area contributed by atoms with Gasteiger partial charge in [-0.15, -0.1) is 6.58 Å². The topological polar surface area (TPSA) is 18.5 Å². The Balaban J connectivity index is 2.20. The zero-order chi connectivity index (χ0) is 7.90. The van der Waals surface area contributed by atoms with Crippen LogP contribution in [0.15, 0.2) is 12.7 Å². The van der Waals surface area contributed by atoms with E-state index in [1.807, 2.05) is 6.08 Å². The number of fused-ring (bicyclic) bond motifs is 1. The van der Waals surface area contributed by atoms with Crippen molar-refractivity contribution in [1.82, 2.24) is 0 Å². The van der Waals surface area contributed by atoms with E-state index >= 15 is 0 Å². The third kappa shape index (κ3) is 0.932. The molecule has 0 saturated carbocycles. The van der Waals surface area contributed by atoms with Gasteiger partial charge in [0, 0.05) is 11.3 Å². The molecule has 0 aromatic heterocycles. The molecule has 11 heavy (non-hydrogen) atoms. The maximum Gasteiger partial charge on any atom is 0.161 e. The molecule has 2 aliphatic heterocycles. The van der Waals surface area contributed by atoms with Crippen LogP contribution in [0.5, 0.6) is 0 Å². The van der Waals surface area contributed by atoms with Crippen molar-refractivity contribution in [3.05, 3.63) is 12.7 Å². The Kier molecular flexibility index (Phi) is 1.55. The van der Waals surface area contributed by atoms with Crippen LogP contribution < -0.4 is 0 Å². The molecule has 62 valence electrons. The summed E-state index contributed by atoms with van der Waals surface area (Å²) in [4.78, 5) is 0. The van der Waals surface area contributed by atoms with Crippen LogP contribution in [0.3, 0.4) is 0 Å². The van der Waals surface area contributed by atoms with Crippen molar-refractivity contribution in [1.29, 1.82) is 0 Å². The minimum absolute atomic E-state index is 0.0537. The van der Waals surface area contributed by atoms with Crippen molar-refractivity contribution in [3.63, 3.8) is 0 Å². The van der Waals surface area contributed by atoms with Crippen molar-refractivity contribution < 1.29 is 9.47 Å². The molecule has 0 aromatic rings. The molecule has 2 aliphatic rings. The lowest BCUT2D eigenvalue weighted by molar-refractivity contribution is -0.0906. The molecule has 0 bridgehead atoms. The highest BCUT2D eigenvalue weighted by Gasteiger charge is 2.47. The molecule has 3 atom stereocenters. The predicted octanol–water partition coefficient (Wildman–Crippen LogP) is 1.57. The van der Waals surface area contributed by atoms with Crippen LogP contribution in [0, 0.1) is 11.3 Å². The van der Waals surface area contributed by atoms with Crippen molar-refractivity contribution in [2.75, 3.05) is 13.2 Å². The van der Waals surface area contributed by atoms with Gasteiger partial charge in [0.15, 0.2) is 6.29 Å². The summed E-state index contributed by atoms with van der Waals surface area (Å²) < 4.78 is 10.9. The van der Waals surface area contributed by atoms with Gasteiger partial charge in [-0.2, -0.15) is 0 Å². The lowest BCUT2D eigenvalue weighted by Crippen LogP contribution is -2.23. The molecule has 0 aromatic carbocycles. The first-order chi connectivity index (χ1) is 5.26. The summed E-state index contributed by atoms with van der Waals surface area (Å²) in [7, 11) is 0. The smallest absolute Gasteiger partial charge is 0.161 e. The largest absolute Gasteiger partial charge is 0.352 e. The molecule has 0 aliphatic carbocycles.